The number of nitrogens with zero attached hydrogens (tertiary/aromatic N) is 4. The highest BCUT2D eigenvalue weighted by atomic mass is 16.5. The van der Waals surface area contributed by atoms with Crippen molar-refractivity contribution in [3.05, 3.63) is 71.0 Å². The molecule has 2 aromatic heterocycles. The number of nitrogens with one attached hydrogen (secondary N) is 1. The van der Waals surface area contributed by atoms with E-state index in [1.165, 1.54) is 5.56 Å². The number of amides is 1. The highest BCUT2D eigenvalue weighted by Gasteiger charge is 2.36. The molecule has 1 aromatic carbocycles. The molecule has 1 aliphatic rings. The van der Waals surface area contributed by atoms with Crippen LogP contribution in [0.4, 0.5) is 11.6 Å². The van der Waals surface area contributed by atoms with Crippen molar-refractivity contribution in [1.29, 1.82) is 0 Å². The van der Waals surface area contributed by atoms with E-state index in [2.05, 4.69) is 29.5 Å². The van der Waals surface area contributed by atoms with E-state index < -0.39 is 5.41 Å². The Hall–Kier alpha value is -3.19. The van der Waals surface area contributed by atoms with Crippen LogP contribution in [0.2, 0.25) is 0 Å². The summed E-state index contributed by atoms with van der Waals surface area (Å²) in [6.45, 7) is 9.57. The Morgan fingerprint density at radius 1 is 1.12 bits per heavy atom. The van der Waals surface area contributed by atoms with Gasteiger partial charge in [0.05, 0.1) is 24.3 Å². The van der Waals surface area contributed by atoms with Crippen LogP contribution < -0.4 is 5.32 Å². The number of aryl methyl sites for hydroxylation is 3. The summed E-state index contributed by atoms with van der Waals surface area (Å²) in [7, 11) is 1.91. The van der Waals surface area contributed by atoms with Gasteiger partial charge in [-0.25, -0.2) is 4.98 Å². The fourth-order valence-electron chi connectivity index (χ4n) is 3.95. The molecular formula is C25H31N5O2. The number of pyridine rings is 1. The number of carbonyl (C=O) groups excluding carboxylic acids is 1. The minimum atomic E-state index is -0.608. The minimum absolute atomic E-state index is 0.105. The number of anilines is 2. The van der Waals surface area contributed by atoms with Crippen molar-refractivity contribution in [1.82, 2.24) is 19.7 Å². The maximum Gasteiger partial charge on any atom is 0.232 e. The van der Waals surface area contributed by atoms with E-state index in [0.717, 1.165) is 22.8 Å². The number of aromatic nitrogens is 3. The molecule has 0 saturated carbocycles. The average molecular weight is 434 g/mol. The van der Waals surface area contributed by atoms with Crippen LogP contribution in [0.15, 0.2) is 48.5 Å². The van der Waals surface area contributed by atoms with Crippen LogP contribution >= 0.6 is 0 Å². The highest BCUT2D eigenvalue weighted by molar-refractivity contribution is 5.87. The lowest BCUT2D eigenvalue weighted by Crippen LogP contribution is -2.49. The molecule has 168 valence electrons. The Balaban J connectivity index is 1.49. The molecule has 1 amide bonds. The third-order valence-electron chi connectivity index (χ3n) is 6.13. The summed E-state index contributed by atoms with van der Waals surface area (Å²) < 4.78 is 7.82. The first-order valence-electron chi connectivity index (χ1n) is 11.0. The molecule has 1 saturated heterocycles. The first-order chi connectivity index (χ1) is 15.2. The van der Waals surface area contributed by atoms with Gasteiger partial charge < -0.3 is 15.0 Å². The van der Waals surface area contributed by atoms with Crippen LogP contribution in [-0.2, 0) is 22.0 Å². The summed E-state index contributed by atoms with van der Waals surface area (Å²) >= 11 is 0. The summed E-state index contributed by atoms with van der Waals surface area (Å²) in [6, 6.07) is 16.0. The molecule has 7 heteroatoms. The average Bonchev–Trinajstić information content (AvgIpc) is 3.10. The monoisotopic (exact) mass is 433 g/mol. The fraction of sp³-hybridized carbons (Fsp3) is 0.400. The van der Waals surface area contributed by atoms with E-state index in [0.29, 0.717) is 25.5 Å². The van der Waals surface area contributed by atoms with Gasteiger partial charge in [0.15, 0.2) is 5.82 Å². The van der Waals surface area contributed by atoms with Gasteiger partial charge in [0.25, 0.3) is 0 Å². The molecule has 0 spiro atoms. The van der Waals surface area contributed by atoms with Gasteiger partial charge in [-0.3, -0.25) is 9.48 Å². The van der Waals surface area contributed by atoms with Gasteiger partial charge in [-0.05, 0) is 45.4 Å². The van der Waals surface area contributed by atoms with Crippen LogP contribution in [0.1, 0.15) is 42.5 Å². The Morgan fingerprint density at radius 3 is 2.56 bits per heavy atom. The Bertz CT molecular complexity index is 1080. The van der Waals surface area contributed by atoms with Gasteiger partial charge in [-0.2, -0.15) is 5.10 Å². The smallest absolute Gasteiger partial charge is 0.232 e. The third-order valence-corrected chi connectivity index (χ3v) is 6.13. The molecule has 3 heterocycles. The predicted octanol–water partition coefficient (Wildman–Crippen LogP) is 4.05. The van der Waals surface area contributed by atoms with Crippen molar-refractivity contribution < 1.29 is 9.53 Å². The van der Waals surface area contributed by atoms with Gasteiger partial charge in [0, 0.05) is 25.4 Å². The highest BCUT2D eigenvalue weighted by Crippen LogP contribution is 2.30. The molecule has 1 N–H and O–H groups in total. The number of rotatable bonds is 5. The molecule has 7 nitrogen and oxygen atoms in total. The lowest BCUT2D eigenvalue weighted by molar-refractivity contribution is -0.144. The summed E-state index contributed by atoms with van der Waals surface area (Å²) in [5.74, 6) is 1.55. The number of carbonyl (C=O) groups is 1. The summed E-state index contributed by atoms with van der Waals surface area (Å²) in [6.07, 6.45) is -0.270. The third kappa shape index (κ3) is 4.53. The van der Waals surface area contributed by atoms with Crippen molar-refractivity contribution in [2.45, 2.75) is 39.2 Å². The van der Waals surface area contributed by atoms with Crippen molar-refractivity contribution >= 4 is 17.5 Å². The molecule has 1 atom stereocenters. The maximum atomic E-state index is 13.5. The Kier molecular flexibility index (Phi) is 6.02. The number of hydrogen-bond acceptors (Lipinski definition) is 5. The fourth-order valence-corrected chi connectivity index (χ4v) is 3.95. The molecule has 0 radical (unpaired) electrons. The minimum Gasteiger partial charge on any atom is -0.368 e. The molecule has 4 rings (SSSR count). The number of hydrogen-bond donors (Lipinski definition) is 1. The van der Waals surface area contributed by atoms with E-state index >= 15 is 0 Å². The Morgan fingerprint density at radius 2 is 1.88 bits per heavy atom. The molecular weight excluding hydrogens is 402 g/mol. The van der Waals surface area contributed by atoms with E-state index in [1.54, 1.807) is 0 Å². The topological polar surface area (TPSA) is 72.3 Å². The SMILES string of the molecule is Cc1ccc(C(C)(C)C(=O)N2CCO[C@@H](c3cccc(Nc4cc(C)n(C)n4)n3)C2)cc1. The summed E-state index contributed by atoms with van der Waals surface area (Å²) in [4.78, 5) is 20.1. The molecule has 3 aromatic rings. The zero-order valence-corrected chi connectivity index (χ0v) is 19.4. The van der Waals surface area contributed by atoms with Crippen LogP contribution in [0.3, 0.4) is 0 Å². The molecule has 0 bridgehead atoms. The second-order valence-electron chi connectivity index (χ2n) is 8.97. The van der Waals surface area contributed by atoms with E-state index in [1.807, 2.05) is 73.8 Å². The molecule has 0 unspecified atom stereocenters. The lowest BCUT2D eigenvalue weighted by Gasteiger charge is -2.37. The predicted molar refractivity (Wildman–Crippen MR) is 125 cm³/mol. The van der Waals surface area contributed by atoms with Crippen molar-refractivity contribution in [2.75, 3.05) is 25.0 Å². The standard InChI is InChI=1S/C25H31N5O2/c1-17-9-11-19(12-10-17)25(3,4)24(31)30-13-14-32-21(16-30)20-7-6-8-22(26-20)27-23-15-18(2)29(5)28-23/h6-12,15,21H,13-14,16H2,1-5H3,(H,26,27,28)/t21-/m1/s1. The van der Waals surface area contributed by atoms with Gasteiger partial charge in [-0.1, -0.05) is 35.9 Å². The van der Waals surface area contributed by atoms with Gasteiger partial charge in [-0.15, -0.1) is 0 Å². The van der Waals surface area contributed by atoms with Crippen molar-refractivity contribution in [2.24, 2.45) is 7.05 Å². The first kappa shape index (κ1) is 22.0. The first-order valence-corrected chi connectivity index (χ1v) is 11.0. The van der Waals surface area contributed by atoms with E-state index in [9.17, 15) is 4.79 Å². The van der Waals surface area contributed by atoms with Gasteiger partial charge in [0.1, 0.15) is 11.9 Å². The number of benzene rings is 1. The molecule has 32 heavy (non-hydrogen) atoms. The quantitative estimate of drug-likeness (QED) is 0.657. The summed E-state index contributed by atoms with van der Waals surface area (Å²) in [5, 5.41) is 7.68. The van der Waals surface area contributed by atoms with Crippen LogP contribution in [0, 0.1) is 13.8 Å². The second-order valence-corrected chi connectivity index (χ2v) is 8.97. The van der Waals surface area contributed by atoms with E-state index in [4.69, 9.17) is 9.72 Å². The van der Waals surface area contributed by atoms with Gasteiger partial charge >= 0.3 is 0 Å². The zero-order valence-electron chi connectivity index (χ0n) is 19.4. The van der Waals surface area contributed by atoms with Crippen molar-refractivity contribution in [3.8, 4) is 0 Å². The van der Waals surface area contributed by atoms with Crippen LogP contribution in [0.5, 0.6) is 0 Å². The lowest BCUT2D eigenvalue weighted by atomic mass is 9.82. The number of morpholine rings is 1. The molecule has 1 aliphatic heterocycles. The second kappa shape index (κ2) is 8.74. The zero-order chi connectivity index (χ0) is 22.9. The molecule has 1 fully saturated rings. The van der Waals surface area contributed by atoms with Crippen LogP contribution in [0.25, 0.3) is 0 Å². The largest absolute Gasteiger partial charge is 0.368 e. The van der Waals surface area contributed by atoms with Gasteiger partial charge in [0.2, 0.25) is 5.91 Å². The van der Waals surface area contributed by atoms with Crippen molar-refractivity contribution in [3.63, 3.8) is 0 Å². The van der Waals surface area contributed by atoms with Crippen LogP contribution in [-0.4, -0.2) is 45.3 Å². The maximum absolute atomic E-state index is 13.5. The summed E-state index contributed by atoms with van der Waals surface area (Å²) in [5.41, 5.74) is 3.45. The van der Waals surface area contributed by atoms with E-state index in [-0.39, 0.29) is 12.0 Å². The molecule has 0 aliphatic carbocycles. The Labute approximate surface area is 189 Å². The number of ether oxygens (including phenoxy) is 1. The normalized spacial score (nSPS) is 16.8.